The number of nitrogens with zero attached hydrogens (tertiary/aromatic N) is 4. The Balaban J connectivity index is 1.67. The minimum Gasteiger partial charge on any atom is -0.339 e. The molecule has 1 aliphatic carbocycles. The molecule has 1 atom stereocenters. The predicted octanol–water partition coefficient (Wildman–Crippen LogP) is 2.37. The van der Waals surface area contributed by atoms with Gasteiger partial charge in [-0.3, -0.25) is 4.68 Å². The van der Waals surface area contributed by atoms with Crippen molar-refractivity contribution in [3.05, 3.63) is 17.2 Å². The highest BCUT2D eigenvalue weighted by Crippen LogP contribution is 2.50. The number of halogens is 1. The molecule has 0 aromatic carbocycles. The van der Waals surface area contributed by atoms with Crippen molar-refractivity contribution in [3.63, 3.8) is 0 Å². The number of aromatic nitrogens is 4. The van der Waals surface area contributed by atoms with Gasteiger partial charge in [-0.15, -0.1) is 0 Å². The number of nitrogens with one attached hydrogen (secondary N) is 1. The zero-order valence-electron chi connectivity index (χ0n) is 12.0. The third kappa shape index (κ3) is 2.00. The summed E-state index contributed by atoms with van der Waals surface area (Å²) < 4.78 is 7.16. The Morgan fingerprint density at radius 3 is 2.95 bits per heavy atom. The fourth-order valence-corrected chi connectivity index (χ4v) is 3.99. The molecule has 2 aliphatic rings. The van der Waals surface area contributed by atoms with E-state index in [0.717, 1.165) is 24.5 Å². The Hall–Kier alpha value is -1.40. The quantitative estimate of drug-likeness (QED) is 0.922. The summed E-state index contributed by atoms with van der Waals surface area (Å²) in [4.78, 5) is 4.60. The van der Waals surface area contributed by atoms with Crippen LogP contribution in [0.1, 0.15) is 37.5 Å². The lowest BCUT2D eigenvalue weighted by molar-refractivity contribution is 0.242. The maximum atomic E-state index is 6.20. The molecule has 21 heavy (non-hydrogen) atoms. The zero-order valence-corrected chi connectivity index (χ0v) is 12.7. The summed E-state index contributed by atoms with van der Waals surface area (Å²) in [6.07, 6.45) is 6.77. The Kier molecular flexibility index (Phi) is 3.04. The Labute approximate surface area is 127 Å². The normalized spacial score (nSPS) is 24.2. The van der Waals surface area contributed by atoms with Crippen LogP contribution in [0.15, 0.2) is 10.7 Å². The molecule has 0 radical (unpaired) electrons. The van der Waals surface area contributed by atoms with E-state index in [1.807, 2.05) is 0 Å². The first kappa shape index (κ1) is 13.3. The predicted molar refractivity (Wildman–Crippen MR) is 78.0 cm³/mol. The van der Waals surface area contributed by atoms with Crippen LogP contribution in [-0.4, -0.2) is 33.0 Å². The first-order valence-corrected chi connectivity index (χ1v) is 7.80. The number of rotatable bonds is 2. The second-order valence-electron chi connectivity index (χ2n) is 6.18. The van der Waals surface area contributed by atoms with E-state index in [0.29, 0.717) is 22.3 Å². The van der Waals surface area contributed by atoms with Crippen molar-refractivity contribution < 1.29 is 4.52 Å². The Bertz CT molecular complexity index is 653. The maximum Gasteiger partial charge on any atom is 0.231 e. The SMILES string of the molecule is Cn1ncc(-c2noc(C3CNCC34CCCC4)n2)c1Cl. The summed E-state index contributed by atoms with van der Waals surface area (Å²) in [5.41, 5.74) is 1.03. The lowest BCUT2D eigenvalue weighted by Crippen LogP contribution is -2.25. The van der Waals surface area contributed by atoms with Gasteiger partial charge < -0.3 is 9.84 Å². The van der Waals surface area contributed by atoms with E-state index in [1.165, 1.54) is 25.7 Å². The molecular formula is C14H18ClN5O. The van der Waals surface area contributed by atoms with Gasteiger partial charge in [-0.05, 0) is 18.3 Å². The van der Waals surface area contributed by atoms with Crippen molar-refractivity contribution in [3.8, 4) is 11.4 Å². The molecule has 1 spiro atoms. The van der Waals surface area contributed by atoms with Crippen LogP contribution in [-0.2, 0) is 7.05 Å². The molecule has 6 nitrogen and oxygen atoms in total. The highest BCUT2D eigenvalue weighted by Gasteiger charge is 2.47. The third-order valence-electron chi connectivity index (χ3n) is 5.01. The molecule has 4 rings (SSSR count). The summed E-state index contributed by atoms with van der Waals surface area (Å²) >= 11 is 6.20. The standard InChI is InChI=1S/C14H18ClN5O/c1-20-11(15)9(6-17-20)12-18-13(21-19-12)10-7-16-8-14(10)4-2-3-5-14/h6,10,16H,2-5,7-8H2,1H3. The van der Waals surface area contributed by atoms with Crippen LogP contribution in [0, 0.1) is 5.41 Å². The molecule has 2 aromatic heterocycles. The first-order valence-electron chi connectivity index (χ1n) is 7.42. The van der Waals surface area contributed by atoms with Crippen LogP contribution in [0.3, 0.4) is 0 Å². The minimum atomic E-state index is 0.308. The third-order valence-corrected chi connectivity index (χ3v) is 5.46. The summed E-state index contributed by atoms with van der Waals surface area (Å²) in [7, 11) is 1.79. The molecule has 0 bridgehead atoms. The van der Waals surface area contributed by atoms with E-state index in [1.54, 1.807) is 17.9 Å². The molecule has 3 heterocycles. The summed E-state index contributed by atoms with van der Waals surface area (Å²) in [5.74, 6) is 1.58. The van der Waals surface area contributed by atoms with Crippen LogP contribution in [0.5, 0.6) is 0 Å². The zero-order chi connectivity index (χ0) is 14.4. The molecule has 2 aromatic rings. The maximum absolute atomic E-state index is 6.20. The molecule has 2 fully saturated rings. The fraction of sp³-hybridized carbons (Fsp3) is 0.643. The van der Waals surface area contributed by atoms with Gasteiger partial charge in [-0.2, -0.15) is 10.1 Å². The summed E-state index contributed by atoms with van der Waals surface area (Å²) in [5, 5.41) is 12.3. The van der Waals surface area contributed by atoms with Crippen LogP contribution < -0.4 is 5.32 Å². The van der Waals surface area contributed by atoms with Crippen LogP contribution in [0.4, 0.5) is 0 Å². The van der Waals surface area contributed by atoms with Crippen molar-refractivity contribution in [2.24, 2.45) is 12.5 Å². The van der Waals surface area contributed by atoms with Gasteiger partial charge in [0.1, 0.15) is 5.15 Å². The highest BCUT2D eigenvalue weighted by atomic mass is 35.5. The van der Waals surface area contributed by atoms with E-state index in [-0.39, 0.29) is 0 Å². The van der Waals surface area contributed by atoms with Crippen molar-refractivity contribution >= 4 is 11.6 Å². The lowest BCUT2D eigenvalue weighted by atomic mass is 9.76. The van der Waals surface area contributed by atoms with Gasteiger partial charge in [0.05, 0.1) is 17.7 Å². The number of hydrogen-bond acceptors (Lipinski definition) is 5. The molecular weight excluding hydrogens is 290 g/mol. The lowest BCUT2D eigenvalue weighted by Gasteiger charge is -2.27. The first-order chi connectivity index (χ1) is 10.2. The van der Waals surface area contributed by atoms with Gasteiger partial charge in [0.2, 0.25) is 11.7 Å². The Morgan fingerprint density at radius 1 is 1.43 bits per heavy atom. The van der Waals surface area contributed by atoms with Gasteiger partial charge >= 0.3 is 0 Å². The average molecular weight is 308 g/mol. The average Bonchev–Trinajstić information content (AvgIpc) is 3.23. The molecule has 112 valence electrons. The van der Waals surface area contributed by atoms with Gasteiger partial charge in [-0.25, -0.2) is 0 Å². The second-order valence-corrected chi connectivity index (χ2v) is 6.54. The molecule has 0 amide bonds. The van der Waals surface area contributed by atoms with Crippen LogP contribution >= 0.6 is 11.6 Å². The van der Waals surface area contributed by atoms with E-state index in [4.69, 9.17) is 16.1 Å². The molecule has 1 saturated carbocycles. The van der Waals surface area contributed by atoms with Crippen molar-refractivity contribution in [1.82, 2.24) is 25.2 Å². The largest absolute Gasteiger partial charge is 0.339 e. The van der Waals surface area contributed by atoms with Crippen molar-refractivity contribution in [2.75, 3.05) is 13.1 Å². The van der Waals surface area contributed by atoms with Crippen LogP contribution in [0.2, 0.25) is 5.15 Å². The smallest absolute Gasteiger partial charge is 0.231 e. The summed E-state index contributed by atoms with van der Waals surface area (Å²) in [6, 6.07) is 0. The molecule has 7 heteroatoms. The molecule has 1 unspecified atom stereocenters. The van der Waals surface area contributed by atoms with Gasteiger partial charge in [0, 0.05) is 20.1 Å². The fourth-order valence-electron chi connectivity index (χ4n) is 3.82. The number of aryl methyl sites for hydroxylation is 1. The van der Waals surface area contributed by atoms with Crippen molar-refractivity contribution in [2.45, 2.75) is 31.6 Å². The van der Waals surface area contributed by atoms with Gasteiger partial charge in [0.25, 0.3) is 0 Å². The summed E-state index contributed by atoms with van der Waals surface area (Å²) in [6.45, 7) is 1.98. The molecule has 1 N–H and O–H groups in total. The van der Waals surface area contributed by atoms with Gasteiger partial charge in [0.15, 0.2) is 0 Å². The highest BCUT2D eigenvalue weighted by molar-refractivity contribution is 6.32. The second kappa shape index (κ2) is 4.81. The van der Waals surface area contributed by atoms with Gasteiger partial charge in [-0.1, -0.05) is 29.6 Å². The van der Waals surface area contributed by atoms with Crippen LogP contribution in [0.25, 0.3) is 11.4 Å². The monoisotopic (exact) mass is 307 g/mol. The minimum absolute atomic E-state index is 0.308. The van der Waals surface area contributed by atoms with E-state index in [9.17, 15) is 0 Å². The molecule has 1 aliphatic heterocycles. The van der Waals surface area contributed by atoms with E-state index < -0.39 is 0 Å². The van der Waals surface area contributed by atoms with E-state index in [2.05, 4.69) is 20.6 Å². The topological polar surface area (TPSA) is 68.8 Å². The Morgan fingerprint density at radius 2 is 2.24 bits per heavy atom. The number of hydrogen-bond donors (Lipinski definition) is 1. The van der Waals surface area contributed by atoms with Crippen molar-refractivity contribution in [1.29, 1.82) is 0 Å². The molecule has 1 saturated heterocycles. The van der Waals surface area contributed by atoms with E-state index >= 15 is 0 Å².